The number of likely N-dealkylation sites (tertiary alicyclic amines) is 1. The molecule has 3 rings (SSSR count). The molecule has 29 heavy (non-hydrogen) atoms. The molecule has 3 heterocycles. The number of halogens is 1. The Balaban J connectivity index is 0.00000300. The van der Waals surface area contributed by atoms with Gasteiger partial charge in [0.2, 0.25) is 0 Å². The first-order valence-corrected chi connectivity index (χ1v) is 9.86. The average molecular weight is 512 g/mol. The molecular formula is C20H29IN6O2. The number of pyridine rings is 1. The van der Waals surface area contributed by atoms with Crippen molar-refractivity contribution in [1.82, 2.24) is 25.0 Å². The SMILES string of the molecule is CCNC(=NCc1ccnc(-n2cccn2)c1)N1CCCC(C(=O)OCC)C1.I. The molecule has 9 heteroatoms. The lowest BCUT2D eigenvalue weighted by molar-refractivity contribution is -0.149. The van der Waals surface area contributed by atoms with E-state index < -0.39 is 0 Å². The van der Waals surface area contributed by atoms with Gasteiger partial charge in [0.25, 0.3) is 0 Å². The number of piperidine rings is 1. The van der Waals surface area contributed by atoms with Gasteiger partial charge in [0.05, 0.1) is 19.1 Å². The van der Waals surface area contributed by atoms with Crippen LogP contribution in [0.5, 0.6) is 0 Å². The maximum atomic E-state index is 12.1. The van der Waals surface area contributed by atoms with E-state index in [1.165, 1.54) is 0 Å². The van der Waals surface area contributed by atoms with Crippen molar-refractivity contribution in [2.24, 2.45) is 10.9 Å². The Bertz CT molecular complexity index is 796. The van der Waals surface area contributed by atoms with Gasteiger partial charge in [-0.05, 0) is 50.5 Å². The van der Waals surface area contributed by atoms with E-state index in [1.54, 1.807) is 17.1 Å². The highest BCUT2D eigenvalue weighted by Gasteiger charge is 2.28. The second-order valence-corrected chi connectivity index (χ2v) is 6.68. The number of nitrogens with zero attached hydrogens (tertiary/aromatic N) is 5. The van der Waals surface area contributed by atoms with Crippen LogP contribution in [-0.2, 0) is 16.1 Å². The summed E-state index contributed by atoms with van der Waals surface area (Å²) in [5.74, 6) is 1.39. The molecule has 2 aromatic heterocycles. The second-order valence-electron chi connectivity index (χ2n) is 6.68. The topological polar surface area (TPSA) is 84.6 Å². The van der Waals surface area contributed by atoms with Crippen molar-refractivity contribution in [2.75, 3.05) is 26.2 Å². The van der Waals surface area contributed by atoms with Crippen molar-refractivity contribution in [1.29, 1.82) is 0 Å². The van der Waals surface area contributed by atoms with Crippen LogP contribution in [0.4, 0.5) is 0 Å². The molecule has 1 atom stereocenters. The van der Waals surface area contributed by atoms with Gasteiger partial charge >= 0.3 is 5.97 Å². The molecule has 1 fully saturated rings. The maximum absolute atomic E-state index is 12.1. The van der Waals surface area contributed by atoms with E-state index in [-0.39, 0.29) is 35.9 Å². The molecule has 1 unspecified atom stereocenters. The molecule has 0 radical (unpaired) electrons. The van der Waals surface area contributed by atoms with E-state index in [0.29, 0.717) is 19.7 Å². The molecule has 2 aromatic rings. The monoisotopic (exact) mass is 512 g/mol. The molecule has 0 saturated carbocycles. The highest BCUT2D eigenvalue weighted by molar-refractivity contribution is 14.0. The summed E-state index contributed by atoms with van der Waals surface area (Å²) in [5, 5.41) is 7.57. The molecule has 0 aromatic carbocycles. The lowest BCUT2D eigenvalue weighted by Gasteiger charge is -2.34. The number of hydrogen-bond donors (Lipinski definition) is 1. The van der Waals surface area contributed by atoms with Crippen molar-refractivity contribution < 1.29 is 9.53 Å². The smallest absolute Gasteiger partial charge is 0.310 e. The van der Waals surface area contributed by atoms with Crippen LogP contribution in [0.15, 0.2) is 41.8 Å². The fourth-order valence-corrected chi connectivity index (χ4v) is 3.30. The number of aromatic nitrogens is 3. The number of hydrogen-bond acceptors (Lipinski definition) is 5. The number of aliphatic imine (C=N–C) groups is 1. The predicted molar refractivity (Wildman–Crippen MR) is 123 cm³/mol. The first-order chi connectivity index (χ1) is 13.7. The predicted octanol–water partition coefficient (Wildman–Crippen LogP) is 2.63. The lowest BCUT2D eigenvalue weighted by atomic mass is 9.98. The summed E-state index contributed by atoms with van der Waals surface area (Å²) < 4.78 is 6.94. The summed E-state index contributed by atoms with van der Waals surface area (Å²) in [4.78, 5) is 23.4. The van der Waals surface area contributed by atoms with Gasteiger partial charge in [-0.3, -0.25) is 4.79 Å². The number of ether oxygens (including phenoxy) is 1. The number of carbonyl (C=O) groups is 1. The Morgan fingerprint density at radius 2 is 2.24 bits per heavy atom. The zero-order valence-electron chi connectivity index (χ0n) is 17.0. The number of nitrogens with one attached hydrogen (secondary N) is 1. The highest BCUT2D eigenvalue weighted by atomic mass is 127. The van der Waals surface area contributed by atoms with Gasteiger partial charge in [0.15, 0.2) is 11.8 Å². The minimum Gasteiger partial charge on any atom is -0.466 e. The van der Waals surface area contributed by atoms with Gasteiger partial charge in [-0.1, -0.05) is 0 Å². The van der Waals surface area contributed by atoms with Crippen LogP contribution in [0, 0.1) is 5.92 Å². The second kappa shape index (κ2) is 11.7. The summed E-state index contributed by atoms with van der Waals surface area (Å²) in [6, 6.07) is 5.81. The number of guanidine groups is 1. The Kier molecular flexibility index (Phi) is 9.36. The fourth-order valence-electron chi connectivity index (χ4n) is 3.30. The van der Waals surface area contributed by atoms with Crippen molar-refractivity contribution in [3.63, 3.8) is 0 Å². The third kappa shape index (κ3) is 6.41. The van der Waals surface area contributed by atoms with Gasteiger partial charge < -0.3 is 15.0 Å². The number of esters is 1. The quantitative estimate of drug-likeness (QED) is 0.277. The summed E-state index contributed by atoms with van der Waals surface area (Å²) in [5.41, 5.74) is 1.05. The summed E-state index contributed by atoms with van der Waals surface area (Å²) >= 11 is 0. The van der Waals surface area contributed by atoms with Crippen molar-refractivity contribution in [2.45, 2.75) is 33.2 Å². The molecule has 0 aliphatic carbocycles. The normalized spacial score (nSPS) is 16.8. The van der Waals surface area contributed by atoms with Crippen molar-refractivity contribution in [3.8, 4) is 5.82 Å². The average Bonchev–Trinajstić information content (AvgIpc) is 3.26. The Morgan fingerprint density at radius 3 is 2.97 bits per heavy atom. The first-order valence-electron chi connectivity index (χ1n) is 9.86. The lowest BCUT2D eigenvalue weighted by Crippen LogP contribution is -2.48. The third-order valence-electron chi connectivity index (χ3n) is 4.64. The summed E-state index contributed by atoms with van der Waals surface area (Å²) in [6.07, 6.45) is 7.18. The van der Waals surface area contributed by atoms with E-state index in [1.807, 2.05) is 38.2 Å². The van der Waals surface area contributed by atoms with Gasteiger partial charge in [0.1, 0.15) is 0 Å². The van der Waals surface area contributed by atoms with Gasteiger partial charge in [-0.15, -0.1) is 24.0 Å². The number of carbonyl (C=O) groups excluding carboxylic acids is 1. The molecule has 0 amide bonds. The van der Waals surface area contributed by atoms with Crippen LogP contribution in [-0.4, -0.2) is 57.8 Å². The highest BCUT2D eigenvalue weighted by Crippen LogP contribution is 2.18. The van der Waals surface area contributed by atoms with Crippen LogP contribution in [0.3, 0.4) is 0 Å². The molecule has 1 N–H and O–H groups in total. The molecule has 0 spiro atoms. The standard InChI is InChI=1S/C20H28N6O2.HI/c1-3-21-20(25-11-5-7-17(15-25)19(27)28-4-2)23-14-16-8-10-22-18(13-16)26-12-6-9-24-26;/h6,8-10,12-13,17H,3-5,7,11,14-15H2,1-2H3,(H,21,23);1H. The van der Waals surface area contributed by atoms with Crippen LogP contribution < -0.4 is 5.32 Å². The zero-order chi connectivity index (χ0) is 19.8. The van der Waals surface area contributed by atoms with Gasteiger partial charge in [0, 0.05) is 38.2 Å². The third-order valence-corrected chi connectivity index (χ3v) is 4.64. The largest absolute Gasteiger partial charge is 0.466 e. The van der Waals surface area contributed by atoms with Crippen LogP contribution >= 0.6 is 24.0 Å². The molecule has 0 bridgehead atoms. The Hall–Kier alpha value is -2.17. The Morgan fingerprint density at radius 1 is 1.38 bits per heavy atom. The maximum Gasteiger partial charge on any atom is 0.310 e. The summed E-state index contributed by atoms with van der Waals surface area (Å²) in [7, 11) is 0. The van der Waals surface area contributed by atoms with Crippen LogP contribution in [0.25, 0.3) is 5.82 Å². The van der Waals surface area contributed by atoms with Gasteiger partial charge in [-0.25, -0.2) is 14.7 Å². The van der Waals surface area contributed by atoms with E-state index in [4.69, 9.17) is 9.73 Å². The molecule has 158 valence electrons. The van der Waals surface area contributed by atoms with Gasteiger partial charge in [-0.2, -0.15) is 5.10 Å². The molecule has 1 saturated heterocycles. The van der Waals surface area contributed by atoms with E-state index >= 15 is 0 Å². The van der Waals surface area contributed by atoms with Crippen LogP contribution in [0.2, 0.25) is 0 Å². The molecule has 1 aliphatic rings. The molecular weight excluding hydrogens is 483 g/mol. The first kappa shape index (κ1) is 23.1. The molecule has 1 aliphatic heterocycles. The fraction of sp³-hybridized carbons (Fsp3) is 0.500. The zero-order valence-corrected chi connectivity index (χ0v) is 19.3. The van der Waals surface area contributed by atoms with Crippen molar-refractivity contribution in [3.05, 3.63) is 42.4 Å². The molecule has 8 nitrogen and oxygen atoms in total. The van der Waals surface area contributed by atoms with Crippen molar-refractivity contribution >= 4 is 35.9 Å². The van der Waals surface area contributed by atoms with Crippen LogP contribution in [0.1, 0.15) is 32.3 Å². The summed E-state index contributed by atoms with van der Waals surface area (Å²) in [6.45, 7) is 7.13. The van der Waals surface area contributed by atoms with E-state index in [0.717, 1.165) is 43.3 Å². The van der Waals surface area contributed by atoms with E-state index in [2.05, 4.69) is 20.3 Å². The Labute approximate surface area is 188 Å². The minimum atomic E-state index is -0.110. The minimum absolute atomic E-state index is 0. The van der Waals surface area contributed by atoms with E-state index in [9.17, 15) is 4.79 Å². The number of rotatable bonds is 6.